The van der Waals surface area contributed by atoms with Crippen LogP contribution in [0.1, 0.15) is 17.3 Å². The van der Waals surface area contributed by atoms with Crippen molar-refractivity contribution in [2.75, 3.05) is 12.3 Å². The van der Waals surface area contributed by atoms with Gasteiger partial charge in [-0.15, -0.1) is 0 Å². The second-order valence-electron chi connectivity index (χ2n) is 3.91. The topological polar surface area (TPSA) is 70.1 Å². The minimum atomic E-state index is -0.363. The van der Waals surface area contributed by atoms with Crippen molar-refractivity contribution in [2.45, 2.75) is 6.92 Å². The molecule has 2 N–H and O–H groups in total. The summed E-state index contributed by atoms with van der Waals surface area (Å²) in [6.07, 6.45) is 1.66. The molecule has 0 aliphatic carbocycles. The molecule has 0 fully saturated rings. The molecule has 0 spiro atoms. The van der Waals surface area contributed by atoms with Crippen molar-refractivity contribution in [3.05, 3.63) is 36.0 Å². The number of nitrogens with two attached hydrogens (primary N) is 1. The lowest BCUT2D eigenvalue weighted by Gasteiger charge is -2.02. The lowest BCUT2D eigenvalue weighted by Crippen LogP contribution is -2.05. The maximum absolute atomic E-state index is 11.8. The molecule has 5 heteroatoms. The Morgan fingerprint density at radius 1 is 1.39 bits per heavy atom. The SMILES string of the molecule is CCOC(=O)c1cn(C)nc1-c1ccc(N)cc1. The van der Waals surface area contributed by atoms with Gasteiger partial charge in [0.15, 0.2) is 0 Å². The van der Waals surface area contributed by atoms with Crippen LogP contribution in [0.4, 0.5) is 5.69 Å². The monoisotopic (exact) mass is 245 g/mol. The zero-order chi connectivity index (χ0) is 13.1. The van der Waals surface area contributed by atoms with Crippen LogP contribution in [0.3, 0.4) is 0 Å². The molecule has 1 aromatic heterocycles. The fourth-order valence-corrected chi connectivity index (χ4v) is 1.70. The maximum atomic E-state index is 11.8. The average Bonchev–Trinajstić information content (AvgIpc) is 2.73. The number of nitrogen functional groups attached to an aromatic ring is 1. The highest BCUT2D eigenvalue weighted by atomic mass is 16.5. The van der Waals surface area contributed by atoms with E-state index in [2.05, 4.69) is 5.10 Å². The molecule has 0 radical (unpaired) electrons. The predicted octanol–water partition coefficient (Wildman–Crippen LogP) is 1.85. The van der Waals surface area contributed by atoms with E-state index >= 15 is 0 Å². The maximum Gasteiger partial charge on any atom is 0.341 e. The lowest BCUT2D eigenvalue weighted by atomic mass is 10.1. The second-order valence-corrected chi connectivity index (χ2v) is 3.91. The molecule has 1 aromatic carbocycles. The first kappa shape index (κ1) is 12.2. The normalized spacial score (nSPS) is 10.3. The molecule has 0 saturated heterocycles. The molecule has 2 rings (SSSR count). The van der Waals surface area contributed by atoms with Crippen LogP contribution >= 0.6 is 0 Å². The lowest BCUT2D eigenvalue weighted by molar-refractivity contribution is 0.0527. The number of nitrogens with zero attached hydrogens (tertiary/aromatic N) is 2. The number of anilines is 1. The molecule has 0 aliphatic rings. The summed E-state index contributed by atoms with van der Waals surface area (Å²) < 4.78 is 6.61. The standard InChI is InChI=1S/C13H15N3O2/c1-3-18-13(17)11-8-16(2)15-12(11)9-4-6-10(14)7-5-9/h4-8H,3,14H2,1-2H3. The number of hydrogen-bond acceptors (Lipinski definition) is 4. The highest BCUT2D eigenvalue weighted by Crippen LogP contribution is 2.23. The van der Waals surface area contributed by atoms with E-state index in [9.17, 15) is 4.79 Å². The molecule has 5 nitrogen and oxygen atoms in total. The fraction of sp³-hybridized carbons (Fsp3) is 0.231. The van der Waals surface area contributed by atoms with Gasteiger partial charge in [-0.05, 0) is 19.1 Å². The highest BCUT2D eigenvalue weighted by molar-refractivity contribution is 5.96. The van der Waals surface area contributed by atoms with Crippen molar-refractivity contribution < 1.29 is 9.53 Å². The summed E-state index contributed by atoms with van der Waals surface area (Å²) in [6, 6.07) is 7.22. The Balaban J connectivity index is 2.44. The zero-order valence-electron chi connectivity index (χ0n) is 10.4. The Morgan fingerprint density at radius 2 is 2.06 bits per heavy atom. The van der Waals surface area contributed by atoms with E-state index < -0.39 is 0 Å². The molecule has 18 heavy (non-hydrogen) atoms. The molecule has 0 bridgehead atoms. The summed E-state index contributed by atoms with van der Waals surface area (Å²) in [5, 5.41) is 4.29. The largest absolute Gasteiger partial charge is 0.462 e. The van der Waals surface area contributed by atoms with Gasteiger partial charge in [-0.3, -0.25) is 4.68 Å². The first-order valence-corrected chi connectivity index (χ1v) is 5.68. The first-order valence-electron chi connectivity index (χ1n) is 5.68. The van der Waals surface area contributed by atoms with Crippen molar-refractivity contribution >= 4 is 11.7 Å². The average molecular weight is 245 g/mol. The molecule has 1 heterocycles. The highest BCUT2D eigenvalue weighted by Gasteiger charge is 2.17. The van der Waals surface area contributed by atoms with Gasteiger partial charge in [-0.1, -0.05) is 12.1 Å². The number of rotatable bonds is 3. The number of carbonyl (C=O) groups is 1. The van der Waals surface area contributed by atoms with Crippen LogP contribution in [0.25, 0.3) is 11.3 Å². The molecule has 2 aromatic rings. The Morgan fingerprint density at radius 3 is 2.67 bits per heavy atom. The number of aromatic nitrogens is 2. The van der Waals surface area contributed by atoms with Crippen LogP contribution in [0.5, 0.6) is 0 Å². The molecule has 0 aliphatic heterocycles. The van der Waals surface area contributed by atoms with Crippen LogP contribution in [-0.2, 0) is 11.8 Å². The van der Waals surface area contributed by atoms with Gasteiger partial charge in [0, 0.05) is 24.5 Å². The van der Waals surface area contributed by atoms with Crippen molar-refractivity contribution in [3.8, 4) is 11.3 Å². The van der Waals surface area contributed by atoms with E-state index in [1.54, 1.807) is 37.0 Å². The Hall–Kier alpha value is -2.30. The third kappa shape index (κ3) is 2.34. The molecular weight excluding hydrogens is 230 g/mol. The number of esters is 1. The van der Waals surface area contributed by atoms with E-state index in [-0.39, 0.29) is 5.97 Å². The Labute approximate surface area is 105 Å². The van der Waals surface area contributed by atoms with Crippen molar-refractivity contribution in [1.82, 2.24) is 9.78 Å². The third-order valence-corrected chi connectivity index (χ3v) is 2.51. The van der Waals surface area contributed by atoms with Crippen molar-refractivity contribution in [2.24, 2.45) is 7.05 Å². The zero-order valence-corrected chi connectivity index (χ0v) is 10.4. The van der Waals surface area contributed by atoms with E-state index in [1.165, 1.54) is 0 Å². The van der Waals surface area contributed by atoms with Gasteiger partial charge in [0.25, 0.3) is 0 Å². The van der Waals surface area contributed by atoms with Gasteiger partial charge in [0.05, 0.1) is 6.61 Å². The van der Waals surface area contributed by atoms with Crippen LogP contribution in [0, 0.1) is 0 Å². The van der Waals surface area contributed by atoms with E-state index in [0.717, 1.165) is 5.56 Å². The molecule has 0 atom stereocenters. The molecule has 94 valence electrons. The minimum Gasteiger partial charge on any atom is -0.462 e. The second kappa shape index (κ2) is 4.91. The molecular formula is C13H15N3O2. The molecule has 0 unspecified atom stereocenters. The van der Waals surface area contributed by atoms with Gasteiger partial charge >= 0.3 is 5.97 Å². The van der Waals surface area contributed by atoms with E-state index in [0.29, 0.717) is 23.6 Å². The third-order valence-electron chi connectivity index (χ3n) is 2.51. The Kier molecular flexibility index (Phi) is 3.32. The van der Waals surface area contributed by atoms with Crippen LogP contribution in [-0.4, -0.2) is 22.4 Å². The number of carbonyl (C=O) groups excluding carboxylic acids is 1. The summed E-state index contributed by atoms with van der Waals surface area (Å²) in [4.78, 5) is 11.8. The summed E-state index contributed by atoms with van der Waals surface area (Å²) in [5.74, 6) is -0.363. The molecule has 0 saturated carbocycles. The van der Waals surface area contributed by atoms with Crippen molar-refractivity contribution in [1.29, 1.82) is 0 Å². The quantitative estimate of drug-likeness (QED) is 0.661. The number of ether oxygens (including phenoxy) is 1. The van der Waals surface area contributed by atoms with Crippen molar-refractivity contribution in [3.63, 3.8) is 0 Å². The predicted molar refractivity (Wildman–Crippen MR) is 69.0 cm³/mol. The van der Waals surface area contributed by atoms with Gasteiger partial charge in [0.2, 0.25) is 0 Å². The summed E-state index contributed by atoms with van der Waals surface area (Å²) in [5.41, 5.74) is 8.22. The minimum absolute atomic E-state index is 0.342. The van der Waals surface area contributed by atoms with Gasteiger partial charge < -0.3 is 10.5 Å². The number of benzene rings is 1. The Bertz CT molecular complexity index is 558. The smallest absolute Gasteiger partial charge is 0.341 e. The van der Waals surface area contributed by atoms with Gasteiger partial charge in [-0.2, -0.15) is 5.10 Å². The fourth-order valence-electron chi connectivity index (χ4n) is 1.70. The van der Waals surface area contributed by atoms with Crippen LogP contribution in [0.15, 0.2) is 30.5 Å². The van der Waals surface area contributed by atoms with E-state index in [4.69, 9.17) is 10.5 Å². The van der Waals surface area contributed by atoms with Crippen LogP contribution < -0.4 is 5.73 Å². The van der Waals surface area contributed by atoms with Gasteiger partial charge in [-0.25, -0.2) is 4.79 Å². The first-order chi connectivity index (χ1) is 8.61. The van der Waals surface area contributed by atoms with E-state index in [1.807, 2.05) is 12.1 Å². The summed E-state index contributed by atoms with van der Waals surface area (Å²) in [7, 11) is 1.77. The number of aryl methyl sites for hydroxylation is 1. The summed E-state index contributed by atoms with van der Waals surface area (Å²) >= 11 is 0. The molecule has 0 amide bonds. The van der Waals surface area contributed by atoms with Gasteiger partial charge in [0.1, 0.15) is 11.3 Å². The summed E-state index contributed by atoms with van der Waals surface area (Å²) in [6.45, 7) is 2.12. The van der Waals surface area contributed by atoms with Crippen LogP contribution in [0.2, 0.25) is 0 Å². The number of hydrogen-bond donors (Lipinski definition) is 1.